The second-order valence-electron chi connectivity index (χ2n) is 4.54. The number of benzene rings is 1. The van der Waals surface area contributed by atoms with Gasteiger partial charge in [0.2, 0.25) is 5.91 Å². The number of carboxylic acids is 1. The van der Waals surface area contributed by atoms with Crippen molar-refractivity contribution in [1.82, 2.24) is 5.32 Å². The number of ether oxygens (including phenoxy) is 1. The molecule has 0 fully saturated rings. The van der Waals surface area contributed by atoms with Gasteiger partial charge >= 0.3 is 5.97 Å². The highest BCUT2D eigenvalue weighted by atomic mass is 16.5. The Morgan fingerprint density at radius 3 is 2.45 bits per heavy atom. The van der Waals surface area contributed by atoms with Crippen LogP contribution in [0.1, 0.15) is 30.6 Å². The molecular weight excluding hydrogens is 258 g/mol. The highest BCUT2D eigenvalue weighted by Crippen LogP contribution is 2.12. The fourth-order valence-electron chi connectivity index (χ4n) is 1.48. The fraction of sp³-hybridized carbons (Fsp3) is 0.333. The molecule has 0 heterocycles. The minimum absolute atomic E-state index is 0.101. The van der Waals surface area contributed by atoms with Crippen molar-refractivity contribution < 1.29 is 19.4 Å². The van der Waals surface area contributed by atoms with Crippen LogP contribution in [-0.2, 0) is 4.79 Å². The molecule has 0 atom stereocenters. The molecule has 0 radical (unpaired) electrons. The zero-order valence-electron chi connectivity index (χ0n) is 11.7. The Labute approximate surface area is 118 Å². The van der Waals surface area contributed by atoms with Crippen LogP contribution in [-0.4, -0.2) is 30.1 Å². The summed E-state index contributed by atoms with van der Waals surface area (Å²) in [5.41, 5.74) is 1.18. The first kappa shape index (κ1) is 15.8. The van der Waals surface area contributed by atoms with Crippen LogP contribution in [0.25, 0.3) is 0 Å². The van der Waals surface area contributed by atoms with E-state index in [9.17, 15) is 9.59 Å². The van der Waals surface area contributed by atoms with Crippen molar-refractivity contribution in [2.24, 2.45) is 0 Å². The maximum Gasteiger partial charge on any atom is 0.335 e. The normalized spacial score (nSPS) is 9.70. The number of hydrogen-bond acceptors (Lipinski definition) is 3. The highest BCUT2D eigenvalue weighted by molar-refractivity contribution is 5.88. The topological polar surface area (TPSA) is 75.6 Å². The number of carboxylic acid groups (broad SMARTS) is 1. The summed E-state index contributed by atoms with van der Waals surface area (Å²) in [5, 5.41) is 11.5. The summed E-state index contributed by atoms with van der Waals surface area (Å²) in [7, 11) is 0. The van der Waals surface area contributed by atoms with Crippen molar-refractivity contribution >= 4 is 11.9 Å². The van der Waals surface area contributed by atoms with E-state index < -0.39 is 5.97 Å². The maximum atomic E-state index is 11.3. The minimum Gasteiger partial charge on any atom is -0.494 e. The van der Waals surface area contributed by atoms with Gasteiger partial charge in [0.05, 0.1) is 12.2 Å². The lowest BCUT2D eigenvalue weighted by Crippen LogP contribution is -2.23. The molecule has 5 nitrogen and oxygen atoms in total. The molecule has 0 unspecified atom stereocenters. The lowest BCUT2D eigenvalue weighted by molar-refractivity contribution is -0.116. The van der Waals surface area contributed by atoms with Crippen LogP contribution in [0.4, 0.5) is 0 Å². The minimum atomic E-state index is -0.960. The predicted molar refractivity (Wildman–Crippen MR) is 76.0 cm³/mol. The molecule has 0 bridgehead atoms. The highest BCUT2D eigenvalue weighted by Gasteiger charge is 2.02. The van der Waals surface area contributed by atoms with Gasteiger partial charge in [-0.05, 0) is 44.5 Å². The molecule has 5 heteroatoms. The van der Waals surface area contributed by atoms with E-state index in [0.29, 0.717) is 25.3 Å². The summed E-state index contributed by atoms with van der Waals surface area (Å²) < 4.78 is 5.44. The van der Waals surface area contributed by atoms with Gasteiger partial charge in [-0.25, -0.2) is 4.79 Å². The van der Waals surface area contributed by atoms with Gasteiger partial charge in [-0.2, -0.15) is 0 Å². The molecular formula is C15H19NO4. The molecule has 0 saturated heterocycles. The number of hydrogen-bond donors (Lipinski definition) is 2. The third-order valence-corrected chi connectivity index (χ3v) is 2.41. The van der Waals surface area contributed by atoms with Crippen LogP contribution in [0.15, 0.2) is 35.9 Å². The van der Waals surface area contributed by atoms with E-state index in [4.69, 9.17) is 9.84 Å². The van der Waals surface area contributed by atoms with Gasteiger partial charge in [-0.1, -0.05) is 5.57 Å². The van der Waals surface area contributed by atoms with Crippen molar-refractivity contribution in [2.75, 3.05) is 13.2 Å². The van der Waals surface area contributed by atoms with E-state index in [0.717, 1.165) is 5.57 Å². The molecule has 1 amide bonds. The number of aromatic carboxylic acids is 1. The van der Waals surface area contributed by atoms with E-state index in [1.807, 2.05) is 13.8 Å². The van der Waals surface area contributed by atoms with Crippen LogP contribution in [0.3, 0.4) is 0 Å². The fourth-order valence-corrected chi connectivity index (χ4v) is 1.48. The largest absolute Gasteiger partial charge is 0.494 e. The lowest BCUT2D eigenvalue weighted by Gasteiger charge is -2.07. The first-order chi connectivity index (χ1) is 9.49. The Balaban J connectivity index is 2.23. The summed E-state index contributed by atoms with van der Waals surface area (Å²) >= 11 is 0. The number of nitrogens with one attached hydrogen (secondary N) is 1. The second kappa shape index (κ2) is 7.99. The number of amides is 1. The van der Waals surface area contributed by atoms with Gasteiger partial charge in [0.1, 0.15) is 5.75 Å². The van der Waals surface area contributed by atoms with Crippen LogP contribution in [0.5, 0.6) is 5.75 Å². The Morgan fingerprint density at radius 2 is 1.90 bits per heavy atom. The van der Waals surface area contributed by atoms with E-state index in [2.05, 4.69) is 5.32 Å². The van der Waals surface area contributed by atoms with Gasteiger partial charge in [-0.15, -0.1) is 0 Å². The van der Waals surface area contributed by atoms with Crippen LogP contribution in [0.2, 0.25) is 0 Å². The predicted octanol–water partition coefficient (Wildman–Crippen LogP) is 2.24. The van der Waals surface area contributed by atoms with Crippen LogP contribution in [0, 0.1) is 0 Å². The van der Waals surface area contributed by atoms with Gasteiger partial charge in [0.25, 0.3) is 0 Å². The smallest absolute Gasteiger partial charge is 0.335 e. The average Bonchev–Trinajstić information content (AvgIpc) is 2.38. The lowest BCUT2D eigenvalue weighted by atomic mass is 10.2. The molecule has 1 aromatic rings. The van der Waals surface area contributed by atoms with Crippen LogP contribution < -0.4 is 10.1 Å². The van der Waals surface area contributed by atoms with E-state index >= 15 is 0 Å². The summed E-state index contributed by atoms with van der Waals surface area (Å²) in [6.45, 7) is 4.73. The van der Waals surface area contributed by atoms with Crippen molar-refractivity contribution in [3.05, 3.63) is 41.5 Å². The van der Waals surface area contributed by atoms with E-state index in [1.165, 1.54) is 12.1 Å². The molecule has 108 valence electrons. The molecule has 0 spiro atoms. The summed E-state index contributed by atoms with van der Waals surface area (Å²) in [6.07, 6.45) is 2.23. The maximum absolute atomic E-state index is 11.3. The van der Waals surface area contributed by atoms with Crippen molar-refractivity contribution in [1.29, 1.82) is 0 Å². The van der Waals surface area contributed by atoms with E-state index in [-0.39, 0.29) is 11.5 Å². The number of rotatable bonds is 7. The van der Waals surface area contributed by atoms with Gasteiger partial charge in [0, 0.05) is 12.6 Å². The Hall–Kier alpha value is -2.30. The molecule has 0 aliphatic heterocycles. The summed E-state index contributed by atoms with van der Waals surface area (Å²) in [6, 6.07) is 6.22. The SMILES string of the molecule is CC(C)=CC(=O)NCCCOc1ccc(C(=O)O)cc1. The molecule has 20 heavy (non-hydrogen) atoms. The van der Waals surface area contributed by atoms with Gasteiger partial charge in [0.15, 0.2) is 0 Å². The zero-order chi connectivity index (χ0) is 15.0. The molecule has 0 aliphatic rings. The Bertz CT molecular complexity index is 487. The Morgan fingerprint density at radius 1 is 1.25 bits per heavy atom. The third-order valence-electron chi connectivity index (χ3n) is 2.41. The molecule has 1 rings (SSSR count). The number of allylic oxidation sites excluding steroid dienone is 1. The monoisotopic (exact) mass is 277 g/mol. The second-order valence-corrected chi connectivity index (χ2v) is 4.54. The van der Waals surface area contributed by atoms with Gasteiger partial charge < -0.3 is 15.2 Å². The zero-order valence-corrected chi connectivity index (χ0v) is 11.7. The molecule has 0 aromatic heterocycles. The first-order valence-electron chi connectivity index (χ1n) is 6.38. The van der Waals surface area contributed by atoms with Crippen molar-refractivity contribution in [3.8, 4) is 5.75 Å². The third kappa shape index (κ3) is 6.04. The van der Waals surface area contributed by atoms with Crippen molar-refractivity contribution in [2.45, 2.75) is 20.3 Å². The van der Waals surface area contributed by atoms with Crippen molar-refractivity contribution in [3.63, 3.8) is 0 Å². The van der Waals surface area contributed by atoms with Gasteiger partial charge in [-0.3, -0.25) is 4.79 Å². The molecule has 0 saturated carbocycles. The number of carbonyl (C=O) groups is 2. The molecule has 1 aromatic carbocycles. The molecule has 0 aliphatic carbocycles. The number of carbonyl (C=O) groups excluding carboxylic acids is 1. The summed E-state index contributed by atoms with van der Waals surface area (Å²) in [4.78, 5) is 22.0. The average molecular weight is 277 g/mol. The van der Waals surface area contributed by atoms with Crippen LogP contribution >= 0.6 is 0 Å². The first-order valence-corrected chi connectivity index (χ1v) is 6.38. The quantitative estimate of drug-likeness (QED) is 0.592. The standard InChI is InChI=1S/C15H19NO4/c1-11(2)10-14(17)16-8-3-9-20-13-6-4-12(5-7-13)15(18)19/h4-7,10H,3,8-9H2,1-2H3,(H,16,17)(H,18,19). The summed E-state index contributed by atoms with van der Waals surface area (Å²) in [5.74, 6) is -0.444. The molecule has 2 N–H and O–H groups in total. The Kier molecular flexibility index (Phi) is 6.29. The van der Waals surface area contributed by atoms with E-state index in [1.54, 1.807) is 18.2 Å².